The van der Waals surface area contributed by atoms with E-state index in [-0.39, 0.29) is 54.6 Å². The molecule has 1 saturated heterocycles. The fourth-order valence-electron chi connectivity index (χ4n) is 3.54. The molecule has 9 nitrogen and oxygen atoms in total. The molecule has 1 aromatic carbocycles. The first-order valence-electron chi connectivity index (χ1n) is 11.1. The first-order chi connectivity index (χ1) is 15.1. The maximum atomic E-state index is 12.6. The van der Waals surface area contributed by atoms with Gasteiger partial charge in [0.25, 0.3) is 0 Å². The second kappa shape index (κ2) is 11.4. The summed E-state index contributed by atoms with van der Waals surface area (Å²) < 4.78 is 26.6. The number of carbonyl (C=O) groups excluding carboxylic acids is 3. The summed E-state index contributed by atoms with van der Waals surface area (Å²) in [5, 5.41) is 5.57. The molecular weight excluding hydrogens is 432 g/mol. The number of hydrogen-bond donors (Lipinski definition) is 2. The fraction of sp³-hybridized carbons (Fsp3) is 0.591. The van der Waals surface area contributed by atoms with Gasteiger partial charge in [-0.15, -0.1) is 0 Å². The van der Waals surface area contributed by atoms with E-state index in [4.69, 9.17) is 0 Å². The van der Waals surface area contributed by atoms with Crippen LogP contribution in [0.5, 0.6) is 0 Å². The Kier molecular flexibility index (Phi) is 9.21. The number of hydrogen-bond acceptors (Lipinski definition) is 5. The molecule has 0 bridgehead atoms. The summed E-state index contributed by atoms with van der Waals surface area (Å²) in [4.78, 5) is 38.4. The first-order valence-corrected chi connectivity index (χ1v) is 12.6. The molecule has 2 atom stereocenters. The maximum Gasteiger partial charge on any atom is 0.243 e. The van der Waals surface area contributed by atoms with Crippen LogP contribution in [-0.4, -0.2) is 62.7 Å². The highest BCUT2D eigenvalue weighted by atomic mass is 32.2. The van der Waals surface area contributed by atoms with Gasteiger partial charge in [-0.05, 0) is 37.6 Å². The summed E-state index contributed by atoms with van der Waals surface area (Å²) in [5.74, 6) is -1.10. The van der Waals surface area contributed by atoms with Gasteiger partial charge in [0.05, 0.1) is 10.8 Å². The quantitative estimate of drug-likeness (QED) is 0.513. The second-order valence-corrected chi connectivity index (χ2v) is 9.84. The van der Waals surface area contributed by atoms with E-state index in [1.807, 2.05) is 13.8 Å². The molecule has 0 aliphatic carbocycles. The van der Waals surface area contributed by atoms with Gasteiger partial charge < -0.3 is 15.5 Å². The molecule has 1 heterocycles. The molecule has 2 unspecified atom stereocenters. The number of amides is 3. The summed E-state index contributed by atoms with van der Waals surface area (Å²) in [5.41, 5.74) is 0.553. The Morgan fingerprint density at radius 1 is 1.16 bits per heavy atom. The molecule has 10 heteroatoms. The predicted molar refractivity (Wildman–Crippen MR) is 123 cm³/mol. The predicted octanol–water partition coefficient (Wildman–Crippen LogP) is 1.49. The average molecular weight is 467 g/mol. The number of rotatable bonds is 11. The van der Waals surface area contributed by atoms with E-state index in [1.165, 1.54) is 21.3 Å². The standard InChI is InChI=1S/C22H34N4O5S/c1-5-16(4)24-20(27)12-13-23-22(29)17-14-21(28)26(15-17)18-8-10-19(11-9-18)32(30,31)25(6-2)7-3/h8-11,16-17H,5-7,12-15H2,1-4H3,(H,23,29)(H,24,27). The number of benzene rings is 1. The third-order valence-corrected chi connectivity index (χ3v) is 7.72. The van der Waals surface area contributed by atoms with Gasteiger partial charge in [0.2, 0.25) is 27.7 Å². The third kappa shape index (κ3) is 6.29. The van der Waals surface area contributed by atoms with Crippen LogP contribution < -0.4 is 15.5 Å². The Labute approximate surface area is 190 Å². The van der Waals surface area contributed by atoms with Gasteiger partial charge >= 0.3 is 0 Å². The first kappa shape index (κ1) is 25.8. The van der Waals surface area contributed by atoms with Crippen LogP contribution >= 0.6 is 0 Å². The molecule has 1 aliphatic rings. The Hall–Kier alpha value is -2.46. The molecule has 0 aromatic heterocycles. The monoisotopic (exact) mass is 466 g/mol. The van der Waals surface area contributed by atoms with Crippen molar-refractivity contribution in [1.29, 1.82) is 0 Å². The van der Waals surface area contributed by atoms with Crippen LogP contribution in [0.4, 0.5) is 5.69 Å². The minimum atomic E-state index is -3.57. The Morgan fingerprint density at radius 3 is 2.34 bits per heavy atom. The molecule has 0 saturated carbocycles. The second-order valence-electron chi connectivity index (χ2n) is 7.91. The van der Waals surface area contributed by atoms with Crippen molar-refractivity contribution >= 4 is 33.4 Å². The van der Waals surface area contributed by atoms with Gasteiger partial charge in [0, 0.05) is 50.7 Å². The van der Waals surface area contributed by atoms with Crippen molar-refractivity contribution in [2.24, 2.45) is 5.92 Å². The summed E-state index contributed by atoms with van der Waals surface area (Å²) >= 11 is 0. The van der Waals surface area contributed by atoms with Gasteiger partial charge in [-0.25, -0.2) is 8.42 Å². The lowest BCUT2D eigenvalue weighted by molar-refractivity contribution is -0.126. The maximum absolute atomic E-state index is 12.6. The SMILES string of the molecule is CCC(C)NC(=O)CCNC(=O)C1CC(=O)N(c2ccc(S(=O)(=O)N(CC)CC)cc2)C1. The average Bonchev–Trinajstić information content (AvgIpc) is 3.16. The number of nitrogens with one attached hydrogen (secondary N) is 2. The molecule has 2 rings (SSSR count). The van der Waals surface area contributed by atoms with E-state index < -0.39 is 15.9 Å². The van der Waals surface area contributed by atoms with Crippen LogP contribution in [0.3, 0.4) is 0 Å². The molecule has 178 valence electrons. The molecule has 2 N–H and O–H groups in total. The summed E-state index contributed by atoms with van der Waals surface area (Å²) in [6, 6.07) is 6.24. The molecule has 3 amide bonds. The van der Waals surface area contributed by atoms with E-state index in [1.54, 1.807) is 26.0 Å². The lowest BCUT2D eigenvalue weighted by Crippen LogP contribution is -2.37. The van der Waals surface area contributed by atoms with Crippen molar-refractivity contribution in [3.05, 3.63) is 24.3 Å². The molecular formula is C22H34N4O5S. The van der Waals surface area contributed by atoms with Crippen molar-refractivity contribution in [3.8, 4) is 0 Å². The molecule has 32 heavy (non-hydrogen) atoms. The van der Waals surface area contributed by atoms with Crippen molar-refractivity contribution in [2.75, 3.05) is 31.1 Å². The topological polar surface area (TPSA) is 116 Å². The smallest absolute Gasteiger partial charge is 0.243 e. The summed E-state index contributed by atoms with van der Waals surface area (Å²) in [6.45, 7) is 8.63. The van der Waals surface area contributed by atoms with Crippen molar-refractivity contribution in [2.45, 2.75) is 57.9 Å². The number of anilines is 1. The highest BCUT2D eigenvalue weighted by Gasteiger charge is 2.35. The van der Waals surface area contributed by atoms with Crippen LogP contribution in [0.2, 0.25) is 0 Å². The van der Waals surface area contributed by atoms with E-state index in [2.05, 4.69) is 10.6 Å². The van der Waals surface area contributed by atoms with Crippen LogP contribution in [0.15, 0.2) is 29.2 Å². The Morgan fingerprint density at radius 2 is 1.78 bits per heavy atom. The lowest BCUT2D eigenvalue weighted by Gasteiger charge is -2.20. The zero-order chi connectivity index (χ0) is 23.9. The van der Waals surface area contributed by atoms with E-state index in [0.29, 0.717) is 18.8 Å². The number of nitrogens with zero attached hydrogens (tertiary/aromatic N) is 2. The summed E-state index contributed by atoms with van der Waals surface area (Å²) in [7, 11) is -3.57. The lowest BCUT2D eigenvalue weighted by atomic mass is 10.1. The fourth-order valence-corrected chi connectivity index (χ4v) is 4.99. The van der Waals surface area contributed by atoms with E-state index >= 15 is 0 Å². The van der Waals surface area contributed by atoms with E-state index in [9.17, 15) is 22.8 Å². The molecule has 0 spiro atoms. The zero-order valence-electron chi connectivity index (χ0n) is 19.3. The van der Waals surface area contributed by atoms with Crippen molar-refractivity contribution < 1.29 is 22.8 Å². The number of sulfonamides is 1. The minimum absolute atomic E-state index is 0.0738. The van der Waals surface area contributed by atoms with Gasteiger partial charge in [-0.3, -0.25) is 14.4 Å². The Bertz CT molecular complexity index is 913. The van der Waals surface area contributed by atoms with Gasteiger partial charge in [-0.1, -0.05) is 20.8 Å². The van der Waals surface area contributed by atoms with E-state index in [0.717, 1.165) is 6.42 Å². The Balaban J connectivity index is 1.94. The van der Waals surface area contributed by atoms with Gasteiger partial charge in [0.1, 0.15) is 0 Å². The number of carbonyl (C=O) groups is 3. The third-order valence-electron chi connectivity index (χ3n) is 5.66. The minimum Gasteiger partial charge on any atom is -0.355 e. The molecule has 1 fully saturated rings. The normalized spacial score (nSPS) is 17.5. The molecule has 0 radical (unpaired) electrons. The van der Waals surface area contributed by atoms with Gasteiger partial charge in [-0.2, -0.15) is 4.31 Å². The molecule has 1 aliphatic heterocycles. The molecule has 1 aromatic rings. The van der Waals surface area contributed by atoms with Crippen LogP contribution in [0.1, 0.15) is 47.0 Å². The van der Waals surface area contributed by atoms with Crippen LogP contribution in [0, 0.1) is 5.92 Å². The largest absolute Gasteiger partial charge is 0.355 e. The van der Waals surface area contributed by atoms with Crippen LogP contribution in [-0.2, 0) is 24.4 Å². The van der Waals surface area contributed by atoms with Gasteiger partial charge in [0.15, 0.2) is 0 Å². The van der Waals surface area contributed by atoms with Crippen molar-refractivity contribution in [1.82, 2.24) is 14.9 Å². The van der Waals surface area contributed by atoms with Crippen LogP contribution in [0.25, 0.3) is 0 Å². The summed E-state index contributed by atoms with van der Waals surface area (Å²) in [6.07, 6.45) is 1.09. The van der Waals surface area contributed by atoms with Crippen molar-refractivity contribution in [3.63, 3.8) is 0 Å². The zero-order valence-corrected chi connectivity index (χ0v) is 20.1. The highest BCUT2D eigenvalue weighted by molar-refractivity contribution is 7.89. The highest BCUT2D eigenvalue weighted by Crippen LogP contribution is 2.27.